The smallest absolute Gasteiger partial charge is 0.311 e. The number of rotatable bonds is 4. The van der Waals surface area contributed by atoms with Gasteiger partial charge in [0, 0.05) is 49.7 Å². The zero-order valence-electron chi connectivity index (χ0n) is 15.5. The van der Waals surface area contributed by atoms with Gasteiger partial charge in [-0.3, -0.25) is 9.69 Å². The quantitative estimate of drug-likeness (QED) is 0.902. The van der Waals surface area contributed by atoms with Crippen molar-refractivity contribution >= 4 is 5.97 Å². The number of hydrogen-bond donors (Lipinski definition) is 1. The molecule has 2 fully saturated rings. The third-order valence-corrected chi connectivity index (χ3v) is 5.59. The largest absolute Gasteiger partial charge is 0.481 e. The Labute approximate surface area is 149 Å². The number of aliphatic carboxylic acids is 1. The summed E-state index contributed by atoms with van der Waals surface area (Å²) in [5.74, 6) is 0.393. The van der Waals surface area contributed by atoms with Gasteiger partial charge in [0.05, 0.1) is 5.41 Å². The molecule has 2 aliphatic rings. The van der Waals surface area contributed by atoms with Gasteiger partial charge in [-0.15, -0.1) is 0 Å². The molecule has 1 atom stereocenters. The molecule has 25 heavy (non-hydrogen) atoms. The summed E-state index contributed by atoms with van der Waals surface area (Å²) < 4.78 is 5.42. The molecular weight excluding hydrogens is 318 g/mol. The van der Waals surface area contributed by atoms with Crippen LogP contribution >= 0.6 is 0 Å². The first-order chi connectivity index (χ1) is 11.8. The molecule has 138 valence electrons. The minimum Gasteiger partial charge on any atom is -0.481 e. The van der Waals surface area contributed by atoms with Crippen molar-refractivity contribution < 1.29 is 14.6 Å². The SMILES string of the molecule is CC(C)(C)c1ncc(CN2CCC(C(=O)O)(C3CCOCC3)C2)cn1. The maximum Gasteiger partial charge on any atom is 0.311 e. The molecule has 3 heterocycles. The highest BCUT2D eigenvalue weighted by Gasteiger charge is 2.50. The van der Waals surface area contributed by atoms with Crippen LogP contribution in [-0.2, 0) is 21.5 Å². The fourth-order valence-electron chi connectivity index (χ4n) is 4.06. The molecule has 1 unspecified atom stereocenters. The second-order valence-corrected chi connectivity index (χ2v) is 8.47. The summed E-state index contributed by atoms with van der Waals surface area (Å²) >= 11 is 0. The number of ether oxygens (including phenoxy) is 1. The van der Waals surface area contributed by atoms with E-state index in [1.54, 1.807) is 0 Å². The zero-order chi connectivity index (χ0) is 18.1. The molecule has 0 amide bonds. The summed E-state index contributed by atoms with van der Waals surface area (Å²) in [6.07, 6.45) is 6.17. The number of nitrogens with zero attached hydrogens (tertiary/aromatic N) is 3. The minimum absolute atomic E-state index is 0.0618. The third-order valence-electron chi connectivity index (χ3n) is 5.59. The molecule has 1 aromatic heterocycles. The van der Waals surface area contributed by atoms with Crippen LogP contribution in [0.5, 0.6) is 0 Å². The van der Waals surface area contributed by atoms with Crippen LogP contribution in [0.3, 0.4) is 0 Å². The highest BCUT2D eigenvalue weighted by molar-refractivity contribution is 5.76. The van der Waals surface area contributed by atoms with E-state index >= 15 is 0 Å². The Morgan fingerprint density at radius 2 is 1.96 bits per heavy atom. The fraction of sp³-hybridized carbons (Fsp3) is 0.737. The monoisotopic (exact) mass is 347 g/mol. The Morgan fingerprint density at radius 3 is 2.52 bits per heavy atom. The lowest BCUT2D eigenvalue weighted by Crippen LogP contribution is -2.43. The topological polar surface area (TPSA) is 75.6 Å². The highest BCUT2D eigenvalue weighted by Crippen LogP contribution is 2.43. The molecule has 6 nitrogen and oxygen atoms in total. The van der Waals surface area contributed by atoms with Crippen molar-refractivity contribution in [1.82, 2.24) is 14.9 Å². The number of likely N-dealkylation sites (tertiary alicyclic amines) is 1. The molecule has 0 aromatic carbocycles. The maximum absolute atomic E-state index is 12.1. The summed E-state index contributed by atoms with van der Waals surface area (Å²) in [6.45, 7) is 9.78. The van der Waals surface area contributed by atoms with Gasteiger partial charge in [0.15, 0.2) is 0 Å². The molecule has 0 spiro atoms. The van der Waals surface area contributed by atoms with E-state index in [1.165, 1.54) is 0 Å². The van der Waals surface area contributed by atoms with Gasteiger partial charge in [-0.05, 0) is 31.7 Å². The molecule has 2 saturated heterocycles. The van der Waals surface area contributed by atoms with Crippen molar-refractivity contribution in [3.63, 3.8) is 0 Å². The van der Waals surface area contributed by atoms with E-state index in [1.807, 2.05) is 12.4 Å². The van der Waals surface area contributed by atoms with Gasteiger partial charge in [-0.1, -0.05) is 20.8 Å². The lowest BCUT2D eigenvalue weighted by molar-refractivity contribution is -0.154. The van der Waals surface area contributed by atoms with Crippen molar-refractivity contribution in [3.05, 3.63) is 23.8 Å². The average molecular weight is 347 g/mol. The summed E-state index contributed by atoms with van der Waals surface area (Å²) in [7, 11) is 0. The molecule has 0 saturated carbocycles. The van der Waals surface area contributed by atoms with E-state index in [2.05, 4.69) is 35.6 Å². The number of hydrogen-bond acceptors (Lipinski definition) is 5. The van der Waals surface area contributed by atoms with Crippen LogP contribution < -0.4 is 0 Å². The van der Waals surface area contributed by atoms with Crippen LogP contribution in [0.15, 0.2) is 12.4 Å². The van der Waals surface area contributed by atoms with Crippen molar-refractivity contribution in [3.8, 4) is 0 Å². The zero-order valence-corrected chi connectivity index (χ0v) is 15.5. The second-order valence-electron chi connectivity index (χ2n) is 8.47. The molecule has 6 heteroatoms. The second kappa shape index (κ2) is 7.00. The molecule has 1 N–H and O–H groups in total. The predicted octanol–water partition coefficient (Wildman–Crippen LogP) is 2.48. The summed E-state index contributed by atoms with van der Waals surface area (Å²) in [5.41, 5.74) is 0.352. The van der Waals surface area contributed by atoms with Crippen molar-refractivity contribution in [1.29, 1.82) is 0 Å². The van der Waals surface area contributed by atoms with E-state index in [0.29, 0.717) is 32.7 Å². The first-order valence-electron chi connectivity index (χ1n) is 9.16. The fourth-order valence-corrected chi connectivity index (χ4v) is 4.06. The van der Waals surface area contributed by atoms with Gasteiger partial charge in [0.2, 0.25) is 0 Å². The summed E-state index contributed by atoms with van der Waals surface area (Å²) in [4.78, 5) is 23.3. The van der Waals surface area contributed by atoms with Gasteiger partial charge in [-0.25, -0.2) is 9.97 Å². The Bertz CT molecular complexity index is 605. The number of carbonyl (C=O) groups is 1. The van der Waals surface area contributed by atoms with Crippen molar-refractivity contribution in [2.24, 2.45) is 11.3 Å². The lowest BCUT2D eigenvalue weighted by atomic mass is 9.71. The lowest BCUT2D eigenvalue weighted by Gasteiger charge is -2.36. The molecule has 0 bridgehead atoms. The van der Waals surface area contributed by atoms with Gasteiger partial charge >= 0.3 is 5.97 Å². The van der Waals surface area contributed by atoms with Crippen LogP contribution in [0.1, 0.15) is 51.4 Å². The molecule has 1 aromatic rings. The Hall–Kier alpha value is -1.53. The van der Waals surface area contributed by atoms with E-state index in [9.17, 15) is 9.90 Å². The van der Waals surface area contributed by atoms with Gasteiger partial charge < -0.3 is 9.84 Å². The Morgan fingerprint density at radius 1 is 1.32 bits per heavy atom. The van der Waals surface area contributed by atoms with Crippen molar-refractivity contribution in [2.45, 2.75) is 52.0 Å². The summed E-state index contributed by atoms with van der Waals surface area (Å²) in [6, 6.07) is 0. The first-order valence-corrected chi connectivity index (χ1v) is 9.16. The van der Waals surface area contributed by atoms with E-state index in [-0.39, 0.29) is 11.3 Å². The normalized spacial score (nSPS) is 26.0. The number of aromatic nitrogens is 2. The van der Waals surface area contributed by atoms with Gasteiger partial charge in [0.1, 0.15) is 5.82 Å². The Balaban J connectivity index is 1.68. The maximum atomic E-state index is 12.1. The van der Waals surface area contributed by atoms with Crippen LogP contribution in [-0.4, -0.2) is 52.2 Å². The molecule has 0 aliphatic carbocycles. The predicted molar refractivity (Wildman–Crippen MR) is 94.2 cm³/mol. The van der Waals surface area contributed by atoms with Crippen molar-refractivity contribution in [2.75, 3.05) is 26.3 Å². The molecule has 2 aliphatic heterocycles. The number of carboxylic acids is 1. The van der Waals surface area contributed by atoms with E-state index in [4.69, 9.17) is 4.74 Å². The standard InChI is InChI=1S/C19H29N3O3/c1-18(2,3)16-20-10-14(11-21-16)12-22-7-6-19(13-22,17(23)24)15-4-8-25-9-5-15/h10-11,15H,4-9,12-13H2,1-3H3,(H,23,24). The van der Waals surface area contributed by atoms with Gasteiger partial charge in [0.25, 0.3) is 0 Å². The van der Waals surface area contributed by atoms with Gasteiger partial charge in [-0.2, -0.15) is 0 Å². The minimum atomic E-state index is -0.652. The number of carboxylic acid groups (broad SMARTS) is 1. The first kappa shape index (κ1) is 18.3. The highest BCUT2D eigenvalue weighted by atomic mass is 16.5. The Kier molecular flexibility index (Phi) is 5.11. The van der Waals surface area contributed by atoms with Crippen LogP contribution in [0, 0.1) is 11.3 Å². The van der Waals surface area contributed by atoms with Crippen LogP contribution in [0.4, 0.5) is 0 Å². The molecular formula is C19H29N3O3. The average Bonchev–Trinajstić information content (AvgIpc) is 3.01. The van der Waals surface area contributed by atoms with Crippen LogP contribution in [0.2, 0.25) is 0 Å². The molecule has 3 rings (SSSR count). The van der Waals surface area contributed by atoms with E-state index in [0.717, 1.165) is 30.8 Å². The molecule has 0 radical (unpaired) electrons. The van der Waals surface area contributed by atoms with E-state index < -0.39 is 11.4 Å². The third kappa shape index (κ3) is 3.85. The van der Waals surface area contributed by atoms with Crippen LogP contribution in [0.25, 0.3) is 0 Å². The summed E-state index contributed by atoms with van der Waals surface area (Å²) in [5, 5.41) is 9.93.